The zero-order valence-electron chi connectivity index (χ0n) is 27.2. The molecule has 5 aromatic carbocycles. The Bertz CT molecular complexity index is 2450. The van der Waals surface area contributed by atoms with Gasteiger partial charge in [0.05, 0.1) is 11.2 Å². The highest BCUT2D eigenvalue weighted by molar-refractivity contribution is 6.16. The summed E-state index contributed by atoms with van der Waals surface area (Å²) in [4.78, 5) is 10.3. The monoisotopic (exact) mass is 647 g/mol. The van der Waals surface area contributed by atoms with Gasteiger partial charge in [-0.1, -0.05) is 97.1 Å². The van der Waals surface area contributed by atoms with E-state index >= 15 is 0 Å². The van der Waals surface area contributed by atoms with E-state index in [9.17, 15) is 0 Å². The third-order valence-corrected chi connectivity index (χ3v) is 10.1. The fourth-order valence-corrected chi connectivity index (χ4v) is 7.72. The van der Waals surface area contributed by atoms with Crippen molar-refractivity contribution in [3.8, 4) is 22.6 Å². The summed E-state index contributed by atoms with van der Waals surface area (Å²) >= 11 is 0. The first kappa shape index (κ1) is 28.6. The second-order valence-electron chi connectivity index (χ2n) is 13.0. The van der Waals surface area contributed by atoms with Crippen molar-refractivity contribution in [3.63, 3.8) is 0 Å². The second-order valence-corrected chi connectivity index (χ2v) is 13.0. The molecule has 3 unspecified atom stereocenters. The Hall–Kier alpha value is -6.40. The number of hydrogen-bond acceptors (Lipinski definition) is 5. The van der Waals surface area contributed by atoms with E-state index < -0.39 is 0 Å². The highest BCUT2D eigenvalue weighted by atomic mass is 16.5. The van der Waals surface area contributed by atoms with Crippen LogP contribution in [0.2, 0.25) is 0 Å². The third-order valence-electron chi connectivity index (χ3n) is 10.1. The van der Waals surface area contributed by atoms with Crippen molar-refractivity contribution in [1.82, 2.24) is 15.2 Å². The van der Waals surface area contributed by atoms with Crippen molar-refractivity contribution in [2.75, 3.05) is 6.54 Å². The number of benzene rings is 5. The molecule has 1 aliphatic carbocycles. The number of para-hydroxylation sites is 2. The van der Waals surface area contributed by atoms with Crippen molar-refractivity contribution >= 4 is 28.7 Å². The molecule has 3 aliphatic heterocycles. The second kappa shape index (κ2) is 11.6. The average molecular weight is 648 g/mol. The van der Waals surface area contributed by atoms with Crippen LogP contribution in [-0.4, -0.2) is 28.9 Å². The molecule has 6 nitrogen and oxygen atoms in total. The molecule has 240 valence electrons. The number of ether oxygens (including phenoxy) is 1. The first-order valence-electron chi connectivity index (χ1n) is 17.1. The number of allylic oxidation sites excluding steroid dienone is 2. The number of rotatable bonds is 5. The molecule has 3 atom stereocenters. The van der Waals surface area contributed by atoms with Crippen molar-refractivity contribution in [1.29, 1.82) is 0 Å². The number of aromatic nitrogens is 1. The van der Waals surface area contributed by atoms with Gasteiger partial charge in [0.1, 0.15) is 23.5 Å². The summed E-state index contributed by atoms with van der Waals surface area (Å²) in [6.45, 7) is 0.699. The SMILES string of the molecule is C1=CNCC(C2N=C(c3cccc(-c4ccccc4)c3)NC(c3ccc4c(c3)C3C=Cc5c(c6ccccc6n5-c5ccccc5)C3O4)=N2)=C1. The van der Waals surface area contributed by atoms with Crippen molar-refractivity contribution in [3.05, 3.63) is 185 Å². The molecule has 0 saturated heterocycles. The number of hydrogen-bond donors (Lipinski definition) is 2. The summed E-state index contributed by atoms with van der Waals surface area (Å²) in [7, 11) is 0. The van der Waals surface area contributed by atoms with Gasteiger partial charge in [0.25, 0.3) is 0 Å². The van der Waals surface area contributed by atoms with Crippen molar-refractivity contribution in [2.45, 2.75) is 18.2 Å². The van der Waals surface area contributed by atoms with Crippen LogP contribution in [0.3, 0.4) is 0 Å². The fourth-order valence-electron chi connectivity index (χ4n) is 7.72. The van der Waals surface area contributed by atoms with Crippen LogP contribution in [0, 0.1) is 0 Å². The number of dihydropyridines is 1. The molecule has 0 amide bonds. The largest absolute Gasteiger partial charge is 0.484 e. The van der Waals surface area contributed by atoms with Crippen LogP contribution in [0.1, 0.15) is 40.0 Å². The summed E-state index contributed by atoms with van der Waals surface area (Å²) in [6, 6.07) is 44.7. The molecule has 6 heteroatoms. The van der Waals surface area contributed by atoms with E-state index in [1.807, 2.05) is 18.3 Å². The number of amidine groups is 2. The summed E-state index contributed by atoms with van der Waals surface area (Å²) in [6.07, 6.45) is 10.2. The minimum Gasteiger partial charge on any atom is -0.484 e. The Morgan fingerprint density at radius 2 is 1.44 bits per heavy atom. The lowest BCUT2D eigenvalue weighted by Gasteiger charge is -2.25. The molecule has 4 aliphatic rings. The number of aliphatic imine (C=N–C) groups is 2. The van der Waals surface area contributed by atoms with Crippen LogP contribution in [0.15, 0.2) is 167 Å². The minimum absolute atomic E-state index is 0.0820. The van der Waals surface area contributed by atoms with Crippen LogP contribution in [0.25, 0.3) is 33.8 Å². The Kier molecular flexibility index (Phi) is 6.65. The maximum absolute atomic E-state index is 6.83. The molecule has 0 saturated carbocycles. The summed E-state index contributed by atoms with van der Waals surface area (Å²) in [5.74, 6) is 2.60. The molecule has 0 bridgehead atoms. The Morgan fingerprint density at radius 1 is 0.700 bits per heavy atom. The summed E-state index contributed by atoms with van der Waals surface area (Å²) in [5.41, 5.74) is 11.4. The van der Waals surface area contributed by atoms with Crippen LogP contribution in [-0.2, 0) is 0 Å². The molecule has 4 heterocycles. The minimum atomic E-state index is -0.349. The summed E-state index contributed by atoms with van der Waals surface area (Å²) < 4.78 is 9.18. The van der Waals surface area contributed by atoms with Gasteiger partial charge in [0.2, 0.25) is 0 Å². The normalized spacial score (nSPS) is 20.0. The van der Waals surface area contributed by atoms with E-state index in [1.54, 1.807) is 0 Å². The predicted octanol–water partition coefficient (Wildman–Crippen LogP) is 8.71. The van der Waals surface area contributed by atoms with Gasteiger partial charge in [-0.2, -0.15) is 0 Å². The smallest absolute Gasteiger partial charge is 0.167 e. The van der Waals surface area contributed by atoms with Crippen LogP contribution < -0.4 is 15.4 Å². The predicted molar refractivity (Wildman–Crippen MR) is 202 cm³/mol. The van der Waals surface area contributed by atoms with Gasteiger partial charge in [-0.3, -0.25) is 0 Å². The molecule has 1 aromatic heterocycles. The molecule has 10 rings (SSSR count). The zero-order chi connectivity index (χ0) is 33.0. The van der Waals surface area contributed by atoms with Gasteiger partial charge in [0.15, 0.2) is 6.17 Å². The first-order valence-corrected chi connectivity index (χ1v) is 17.1. The lowest BCUT2D eigenvalue weighted by atomic mass is 9.85. The first-order chi connectivity index (χ1) is 24.8. The van der Waals surface area contributed by atoms with E-state index in [0.717, 1.165) is 45.4 Å². The van der Waals surface area contributed by atoms with Gasteiger partial charge >= 0.3 is 0 Å². The number of fused-ring (bicyclic) bond motifs is 7. The lowest BCUT2D eigenvalue weighted by Crippen LogP contribution is -2.39. The molecule has 0 spiro atoms. The van der Waals surface area contributed by atoms with E-state index in [1.165, 1.54) is 33.3 Å². The van der Waals surface area contributed by atoms with Gasteiger partial charge in [0, 0.05) is 45.8 Å². The standard InChI is InChI=1S/C44H33N5O/c1-3-11-28(12-4-1)29-13-9-14-30(25-29)42-46-43(48-44(47-42)32-15-10-24-45-27-32)31-20-23-39-36(26-31)34-21-22-38-40(41(34)50-39)35-18-7-8-19-37(35)49(38)33-16-5-2-6-17-33/h1-26,34,41,44-45H,27H2,(H,46,47,48). The van der Waals surface area contributed by atoms with Crippen LogP contribution >= 0.6 is 0 Å². The Morgan fingerprint density at radius 3 is 2.26 bits per heavy atom. The maximum atomic E-state index is 6.83. The molecule has 0 radical (unpaired) electrons. The van der Waals surface area contributed by atoms with Crippen LogP contribution in [0.5, 0.6) is 5.75 Å². The molecule has 0 fully saturated rings. The van der Waals surface area contributed by atoms with Gasteiger partial charge in [-0.25, -0.2) is 9.98 Å². The van der Waals surface area contributed by atoms with E-state index in [-0.39, 0.29) is 18.2 Å². The summed E-state index contributed by atoms with van der Waals surface area (Å²) in [5, 5.41) is 8.19. The molecule has 6 aromatic rings. The molecular formula is C44H33N5O. The highest BCUT2D eigenvalue weighted by Crippen LogP contribution is 2.53. The highest BCUT2D eigenvalue weighted by Gasteiger charge is 2.40. The molecule has 2 N–H and O–H groups in total. The number of nitrogens with one attached hydrogen (secondary N) is 2. The van der Waals surface area contributed by atoms with Crippen molar-refractivity contribution in [2.24, 2.45) is 9.98 Å². The molecule has 50 heavy (non-hydrogen) atoms. The van der Waals surface area contributed by atoms with Gasteiger partial charge < -0.3 is 19.9 Å². The van der Waals surface area contributed by atoms with Crippen molar-refractivity contribution < 1.29 is 4.74 Å². The quantitative estimate of drug-likeness (QED) is 0.197. The number of nitrogens with zero attached hydrogens (tertiary/aromatic N) is 3. The van der Waals surface area contributed by atoms with E-state index in [2.05, 4.69) is 155 Å². The van der Waals surface area contributed by atoms with Gasteiger partial charge in [-0.05, 0) is 77.5 Å². The Balaban J connectivity index is 1.03. The lowest BCUT2D eigenvalue weighted by molar-refractivity contribution is 0.224. The fraction of sp³-hybridized carbons (Fsp3) is 0.0909. The molecular weight excluding hydrogens is 615 g/mol. The third kappa shape index (κ3) is 4.71. The van der Waals surface area contributed by atoms with Crippen LogP contribution in [0.4, 0.5) is 0 Å². The van der Waals surface area contributed by atoms with Gasteiger partial charge in [-0.15, -0.1) is 0 Å². The zero-order valence-corrected chi connectivity index (χ0v) is 27.2. The maximum Gasteiger partial charge on any atom is 0.167 e. The van der Waals surface area contributed by atoms with E-state index in [0.29, 0.717) is 6.54 Å². The average Bonchev–Trinajstić information content (AvgIpc) is 3.74. The topological polar surface area (TPSA) is 62.9 Å². The Labute approximate surface area is 290 Å². The van der Waals surface area contributed by atoms with E-state index in [4.69, 9.17) is 14.7 Å².